The van der Waals surface area contributed by atoms with E-state index >= 15 is 0 Å². The second-order valence-corrected chi connectivity index (χ2v) is 10.6. The first kappa shape index (κ1) is 23.4. The number of carbonyl (C=O) groups is 3. The van der Waals surface area contributed by atoms with Gasteiger partial charge in [-0.2, -0.15) is 0 Å². The zero-order chi connectivity index (χ0) is 25.0. The number of halogens is 2. The molecule has 36 heavy (non-hydrogen) atoms. The van der Waals surface area contributed by atoms with Crippen LogP contribution in [0.3, 0.4) is 0 Å². The molecule has 1 aliphatic carbocycles. The van der Waals surface area contributed by atoms with Gasteiger partial charge in [-0.25, -0.2) is 4.39 Å². The van der Waals surface area contributed by atoms with Gasteiger partial charge in [-0.3, -0.25) is 24.6 Å². The highest BCUT2D eigenvalue weighted by Crippen LogP contribution is 2.39. The van der Waals surface area contributed by atoms with E-state index < -0.39 is 11.9 Å². The maximum absolute atomic E-state index is 13.4. The zero-order valence-corrected chi connectivity index (χ0v) is 20.5. The number of ether oxygens (including phenoxy) is 1. The van der Waals surface area contributed by atoms with Gasteiger partial charge in [0.15, 0.2) is 0 Å². The fourth-order valence-corrected chi connectivity index (χ4v) is 6.39. The van der Waals surface area contributed by atoms with Crippen molar-refractivity contribution in [3.8, 4) is 5.75 Å². The number of nitrogens with one attached hydrogen (secondary N) is 1. The molecule has 0 radical (unpaired) electrons. The molecule has 2 aromatic carbocycles. The number of nitrogens with zero attached hydrogens (tertiary/aromatic N) is 2. The molecular weight excluding hydrogens is 485 g/mol. The van der Waals surface area contributed by atoms with Crippen LogP contribution in [0.2, 0.25) is 5.02 Å². The maximum atomic E-state index is 13.4. The first-order valence-corrected chi connectivity index (χ1v) is 12.9. The predicted octanol–water partition coefficient (Wildman–Crippen LogP) is 3.64. The summed E-state index contributed by atoms with van der Waals surface area (Å²) in [5.74, 6) is -0.189. The molecular formula is C27H27ClFN3O4. The molecule has 3 aliphatic heterocycles. The number of amides is 3. The van der Waals surface area contributed by atoms with Crippen molar-refractivity contribution in [1.29, 1.82) is 0 Å². The molecule has 2 saturated heterocycles. The molecule has 7 nitrogen and oxygen atoms in total. The number of imide groups is 1. The van der Waals surface area contributed by atoms with E-state index in [1.54, 1.807) is 17.0 Å². The smallest absolute Gasteiger partial charge is 0.255 e. The van der Waals surface area contributed by atoms with E-state index in [0.717, 1.165) is 49.2 Å². The van der Waals surface area contributed by atoms with E-state index in [4.69, 9.17) is 16.3 Å². The highest BCUT2D eigenvalue weighted by Gasteiger charge is 2.42. The molecule has 3 heterocycles. The van der Waals surface area contributed by atoms with Crippen LogP contribution in [-0.2, 0) is 16.1 Å². The Morgan fingerprint density at radius 1 is 1.03 bits per heavy atom. The van der Waals surface area contributed by atoms with Gasteiger partial charge in [0, 0.05) is 48.6 Å². The molecule has 1 N–H and O–H groups in total. The number of fused-ring (bicyclic) bond motifs is 1. The molecule has 1 saturated carbocycles. The Morgan fingerprint density at radius 2 is 1.86 bits per heavy atom. The Labute approximate surface area is 213 Å². The Hall–Kier alpha value is -2.97. The van der Waals surface area contributed by atoms with Crippen LogP contribution in [0.15, 0.2) is 36.4 Å². The van der Waals surface area contributed by atoms with Crippen molar-refractivity contribution in [2.24, 2.45) is 0 Å². The Morgan fingerprint density at radius 3 is 2.64 bits per heavy atom. The van der Waals surface area contributed by atoms with Crippen LogP contribution >= 0.6 is 11.6 Å². The molecule has 0 spiro atoms. The number of carbonyl (C=O) groups excluding carboxylic acids is 3. The minimum absolute atomic E-state index is 0.0519. The lowest BCUT2D eigenvalue weighted by molar-refractivity contribution is -0.136. The van der Waals surface area contributed by atoms with E-state index in [0.29, 0.717) is 35.5 Å². The Kier molecular flexibility index (Phi) is 5.96. The van der Waals surface area contributed by atoms with Crippen molar-refractivity contribution in [1.82, 2.24) is 15.1 Å². The van der Waals surface area contributed by atoms with Gasteiger partial charge in [-0.15, -0.1) is 0 Å². The SMILES string of the molecule is O=C1CCC(N2Cc3cc(O[C@H]4CCC[C@@H]4N4CC(c5ccc(F)cc5Cl)C4)ccc3C2=O)C(=O)N1. The first-order chi connectivity index (χ1) is 17.4. The average molecular weight is 512 g/mol. The van der Waals surface area contributed by atoms with Gasteiger partial charge in [-0.05, 0) is 67.1 Å². The van der Waals surface area contributed by atoms with E-state index in [9.17, 15) is 18.8 Å². The largest absolute Gasteiger partial charge is 0.489 e. The minimum Gasteiger partial charge on any atom is -0.489 e. The summed E-state index contributed by atoms with van der Waals surface area (Å²) in [6.45, 7) is 2.07. The molecule has 2 aromatic rings. The van der Waals surface area contributed by atoms with Crippen LogP contribution in [0.5, 0.6) is 5.75 Å². The molecule has 3 amide bonds. The molecule has 3 atom stereocenters. The average Bonchev–Trinajstić information content (AvgIpc) is 3.38. The van der Waals surface area contributed by atoms with Crippen LogP contribution in [0.25, 0.3) is 0 Å². The van der Waals surface area contributed by atoms with Crippen LogP contribution in [0.1, 0.15) is 59.5 Å². The Bertz CT molecular complexity index is 1250. The fourth-order valence-electron chi connectivity index (χ4n) is 6.07. The van der Waals surface area contributed by atoms with Crippen molar-refractivity contribution in [2.75, 3.05) is 13.1 Å². The third-order valence-corrected chi connectivity index (χ3v) is 8.31. The summed E-state index contributed by atoms with van der Waals surface area (Å²) in [6.07, 6.45) is 3.73. The summed E-state index contributed by atoms with van der Waals surface area (Å²) in [4.78, 5) is 40.7. The van der Waals surface area contributed by atoms with Crippen molar-refractivity contribution in [3.05, 3.63) is 63.9 Å². The lowest BCUT2D eigenvalue weighted by Gasteiger charge is -2.45. The third kappa shape index (κ3) is 4.16. The van der Waals surface area contributed by atoms with E-state index in [-0.39, 0.29) is 30.2 Å². The summed E-state index contributed by atoms with van der Waals surface area (Å²) in [5.41, 5.74) is 2.41. The van der Waals surface area contributed by atoms with E-state index in [1.807, 2.05) is 12.1 Å². The van der Waals surface area contributed by atoms with Gasteiger partial charge < -0.3 is 9.64 Å². The predicted molar refractivity (Wildman–Crippen MR) is 130 cm³/mol. The third-order valence-electron chi connectivity index (χ3n) is 7.98. The molecule has 4 aliphatic rings. The van der Waals surface area contributed by atoms with Crippen LogP contribution in [0.4, 0.5) is 4.39 Å². The minimum atomic E-state index is -0.625. The molecule has 6 rings (SSSR count). The fraction of sp³-hybridized carbons (Fsp3) is 0.444. The van der Waals surface area contributed by atoms with Crippen LogP contribution in [0, 0.1) is 5.82 Å². The first-order valence-electron chi connectivity index (χ1n) is 12.5. The summed E-state index contributed by atoms with van der Waals surface area (Å²) in [6, 6.07) is 9.82. The summed E-state index contributed by atoms with van der Waals surface area (Å²) >= 11 is 6.26. The highest BCUT2D eigenvalue weighted by atomic mass is 35.5. The molecule has 3 fully saturated rings. The van der Waals surface area contributed by atoms with Crippen molar-refractivity contribution >= 4 is 29.3 Å². The highest BCUT2D eigenvalue weighted by molar-refractivity contribution is 6.31. The van der Waals surface area contributed by atoms with Gasteiger partial charge in [0.05, 0.1) is 0 Å². The molecule has 0 bridgehead atoms. The van der Waals surface area contributed by atoms with E-state index in [1.165, 1.54) is 12.1 Å². The van der Waals surface area contributed by atoms with Gasteiger partial charge >= 0.3 is 0 Å². The Balaban J connectivity index is 1.10. The van der Waals surface area contributed by atoms with E-state index in [2.05, 4.69) is 10.2 Å². The van der Waals surface area contributed by atoms with Gasteiger partial charge in [0.25, 0.3) is 5.91 Å². The summed E-state index contributed by atoms with van der Waals surface area (Å²) < 4.78 is 19.8. The van der Waals surface area contributed by atoms with Crippen LogP contribution in [-0.4, -0.2) is 58.8 Å². The number of benzene rings is 2. The topological polar surface area (TPSA) is 79.0 Å². The molecule has 0 aromatic heterocycles. The van der Waals surface area contributed by atoms with Crippen molar-refractivity contribution in [2.45, 2.75) is 62.8 Å². The normalized spacial score (nSPS) is 26.7. The maximum Gasteiger partial charge on any atom is 0.255 e. The molecule has 9 heteroatoms. The lowest BCUT2D eigenvalue weighted by atomic mass is 9.89. The van der Waals surface area contributed by atoms with Crippen LogP contribution < -0.4 is 10.1 Å². The number of rotatable bonds is 5. The van der Waals surface area contributed by atoms with Gasteiger partial charge in [-0.1, -0.05) is 17.7 Å². The van der Waals surface area contributed by atoms with Gasteiger partial charge in [0.2, 0.25) is 11.8 Å². The second-order valence-electron chi connectivity index (χ2n) is 10.2. The van der Waals surface area contributed by atoms with Gasteiger partial charge in [0.1, 0.15) is 23.7 Å². The van der Waals surface area contributed by atoms with Crippen molar-refractivity contribution in [3.63, 3.8) is 0 Å². The second kappa shape index (κ2) is 9.16. The standard InChI is InChI=1S/C27H27ClFN3O4/c28-21-11-17(29)4-6-19(21)16-12-31(13-16)22-2-1-3-24(22)36-18-5-7-20-15(10-18)14-32(27(20)35)23-8-9-25(33)30-26(23)34/h4-7,10-11,16,22-24H,1-3,8-9,12-14H2,(H,30,33,34)/t22-,23?,24-/m0/s1. The number of likely N-dealkylation sites (tertiary alicyclic amines) is 1. The van der Waals surface area contributed by atoms with Crippen molar-refractivity contribution < 1.29 is 23.5 Å². The summed E-state index contributed by atoms with van der Waals surface area (Å²) in [5, 5.41) is 2.82. The molecule has 188 valence electrons. The monoisotopic (exact) mass is 511 g/mol. The quantitative estimate of drug-likeness (QED) is 0.620. The molecule has 1 unspecified atom stereocenters. The number of hydrogen-bond donors (Lipinski definition) is 1. The number of hydrogen-bond acceptors (Lipinski definition) is 5. The summed E-state index contributed by atoms with van der Waals surface area (Å²) in [7, 11) is 0. The number of piperidine rings is 1. The lowest BCUT2D eigenvalue weighted by Crippen LogP contribution is -2.54. The zero-order valence-electron chi connectivity index (χ0n) is 19.7.